The van der Waals surface area contributed by atoms with Crippen LogP contribution in [0.1, 0.15) is 25.3 Å². The Bertz CT molecular complexity index is 710. The molecule has 0 bridgehead atoms. The maximum atomic E-state index is 3.63. The van der Waals surface area contributed by atoms with E-state index in [1.54, 1.807) is 0 Å². The molecule has 0 aromatic heterocycles. The zero-order valence-corrected chi connectivity index (χ0v) is 12.5. The van der Waals surface area contributed by atoms with Crippen molar-refractivity contribution < 1.29 is 0 Å². The average molecular weight is 271 g/mol. The van der Waals surface area contributed by atoms with Gasteiger partial charge in [0.25, 0.3) is 0 Å². The van der Waals surface area contributed by atoms with E-state index < -0.39 is 0 Å². The van der Waals surface area contributed by atoms with Gasteiger partial charge >= 0.3 is 0 Å². The Morgan fingerprint density at radius 1 is 0.667 bits per heavy atom. The second-order valence-electron chi connectivity index (χ2n) is 5.59. The van der Waals surface area contributed by atoms with Crippen LogP contribution < -0.4 is 0 Å². The van der Waals surface area contributed by atoms with Crippen LogP contribution in [0.25, 0.3) is 22.3 Å². The van der Waals surface area contributed by atoms with Crippen LogP contribution in [0, 0.1) is 6.07 Å². The van der Waals surface area contributed by atoms with Crippen LogP contribution in [-0.4, -0.2) is 0 Å². The van der Waals surface area contributed by atoms with Gasteiger partial charge in [0.2, 0.25) is 0 Å². The number of hydrogen-bond acceptors (Lipinski definition) is 0. The second kappa shape index (κ2) is 5.97. The van der Waals surface area contributed by atoms with E-state index in [1.165, 1.54) is 22.3 Å². The SMILES string of the molecule is CC(C)c1ccc(-c2ccccc2)[c]c1-c1ccccc1. The summed E-state index contributed by atoms with van der Waals surface area (Å²) < 4.78 is 0. The molecule has 0 N–H and O–H groups in total. The van der Waals surface area contributed by atoms with Crippen LogP contribution in [0.5, 0.6) is 0 Å². The summed E-state index contributed by atoms with van der Waals surface area (Å²) in [5.41, 5.74) is 6.16. The van der Waals surface area contributed by atoms with Crippen LogP contribution >= 0.6 is 0 Å². The first-order chi connectivity index (χ1) is 10.3. The minimum absolute atomic E-state index is 0.487. The maximum absolute atomic E-state index is 3.63. The maximum Gasteiger partial charge on any atom is -0.00114 e. The molecule has 1 radical (unpaired) electrons. The van der Waals surface area contributed by atoms with Gasteiger partial charge in [-0.25, -0.2) is 0 Å². The Labute approximate surface area is 127 Å². The molecule has 3 rings (SSSR count). The zero-order chi connectivity index (χ0) is 14.7. The molecule has 0 heterocycles. The van der Waals surface area contributed by atoms with E-state index in [0.717, 1.165) is 5.56 Å². The minimum atomic E-state index is 0.487. The highest BCUT2D eigenvalue weighted by atomic mass is 14.1. The summed E-state index contributed by atoms with van der Waals surface area (Å²) >= 11 is 0. The van der Waals surface area contributed by atoms with Gasteiger partial charge in [0.1, 0.15) is 0 Å². The van der Waals surface area contributed by atoms with Crippen molar-refractivity contribution in [1.82, 2.24) is 0 Å². The molecule has 0 saturated carbocycles. The lowest BCUT2D eigenvalue weighted by molar-refractivity contribution is 0.869. The monoisotopic (exact) mass is 271 g/mol. The summed E-state index contributed by atoms with van der Waals surface area (Å²) in [4.78, 5) is 0. The van der Waals surface area contributed by atoms with Gasteiger partial charge in [-0.05, 0) is 39.8 Å². The van der Waals surface area contributed by atoms with E-state index in [2.05, 4.69) is 86.6 Å². The van der Waals surface area contributed by atoms with E-state index in [4.69, 9.17) is 0 Å². The molecule has 0 saturated heterocycles. The van der Waals surface area contributed by atoms with Crippen LogP contribution in [0.4, 0.5) is 0 Å². The van der Waals surface area contributed by atoms with Gasteiger partial charge in [0, 0.05) is 0 Å². The van der Waals surface area contributed by atoms with Crippen LogP contribution in [0.15, 0.2) is 72.8 Å². The smallest absolute Gasteiger partial charge is 0.00114 e. The van der Waals surface area contributed by atoms with Gasteiger partial charge in [-0.3, -0.25) is 0 Å². The molecular formula is C21H19. The Morgan fingerprint density at radius 3 is 1.81 bits per heavy atom. The van der Waals surface area contributed by atoms with Gasteiger partial charge in [-0.1, -0.05) is 86.6 Å². The van der Waals surface area contributed by atoms with Gasteiger partial charge < -0.3 is 0 Å². The third-order valence-corrected chi connectivity index (χ3v) is 3.75. The normalized spacial score (nSPS) is 10.8. The molecule has 0 aliphatic rings. The van der Waals surface area contributed by atoms with Crippen molar-refractivity contribution in [2.75, 3.05) is 0 Å². The van der Waals surface area contributed by atoms with Crippen molar-refractivity contribution in [2.24, 2.45) is 0 Å². The predicted molar refractivity (Wildman–Crippen MR) is 90.2 cm³/mol. The molecule has 0 unspecified atom stereocenters. The van der Waals surface area contributed by atoms with Gasteiger partial charge in [-0.2, -0.15) is 0 Å². The quantitative estimate of drug-likeness (QED) is 0.552. The highest BCUT2D eigenvalue weighted by Gasteiger charge is 2.10. The van der Waals surface area contributed by atoms with E-state index in [0.29, 0.717) is 5.92 Å². The molecule has 21 heavy (non-hydrogen) atoms. The predicted octanol–water partition coefficient (Wildman–Crippen LogP) is 5.94. The fourth-order valence-corrected chi connectivity index (χ4v) is 2.62. The van der Waals surface area contributed by atoms with Gasteiger partial charge in [0.05, 0.1) is 0 Å². The highest BCUT2D eigenvalue weighted by molar-refractivity contribution is 5.75. The second-order valence-corrected chi connectivity index (χ2v) is 5.59. The molecule has 0 aliphatic carbocycles. The first-order valence-electron chi connectivity index (χ1n) is 7.43. The molecule has 3 aromatic rings. The van der Waals surface area contributed by atoms with Crippen LogP contribution in [0.3, 0.4) is 0 Å². The molecule has 3 aromatic carbocycles. The highest BCUT2D eigenvalue weighted by Crippen LogP contribution is 2.32. The molecule has 0 nitrogen and oxygen atoms in total. The van der Waals surface area contributed by atoms with Gasteiger partial charge in [0.15, 0.2) is 0 Å². The molecule has 0 atom stereocenters. The summed E-state index contributed by atoms with van der Waals surface area (Å²) in [7, 11) is 0. The molecule has 0 spiro atoms. The van der Waals surface area contributed by atoms with E-state index >= 15 is 0 Å². The Hall–Kier alpha value is -2.34. The lowest BCUT2D eigenvalue weighted by atomic mass is 9.89. The van der Waals surface area contributed by atoms with Crippen LogP contribution in [0.2, 0.25) is 0 Å². The topological polar surface area (TPSA) is 0 Å². The fourth-order valence-electron chi connectivity index (χ4n) is 2.62. The minimum Gasteiger partial charge on any atom is -0.0622 e. The third-order valence-electron chi connectivity index (χ3n) is 3.75. The molecule has 0 aliphatic heterocycles. The fraction of sp³-hybridized carbons (Fsp3) is 0.143. The van der Waals surface area contributed by atoms with Crippen molar-refractivity contribution in [3.63, 3.8) is 0 Å². The number of hydrogen-bond donors (Lipinski definition) is 0. The van der Waals surface area contributed by atoms with Crippen molar-refractivity contribution in [3.05, 3.63) is 84.4 Å². The van der Waals surface area contributed by atoms with Gasteiger partial charge in [-0.15, -0.1) is 0 Å². The van der Waals surface area contributed by atoms with Crippen LogP contribution in [-0.2, 0) is 0 Å². The third kappa shape index (κ3) is 2.90. The molecule has 0 heteroatoms. The molecular weight excluding hydrogens is 252 g/mol. The molecule has 0 amide bonds. The summed E-state index contributed by atoms with van der Waals surface area (Å²) in [5.74, 6) is 0.487. The zero-order valence-electron chi connectivity index (χ0n) is 12.5. The van der Waals surface area contributed by atoms with Crippen molar-refractivity contribution in [2.45, 2.75) is 19.8 Å². The first-order valence-corrected chi connectivity index (χ1v) is 7.43. The lowest BCUT2D eigenvalue weighted by Crippen LogP contribution is -1.93. The Balaban J connectivity index is 2.16. The van der Waals surface area contributed by atoms with Crippen molar-refractivity contribution in [3.8, 4) is 22.3 Å². The number of rotatable bonds is 3. The Morgan fingerprint density at radius 2 is 1.24 bits per heavy atom. The van der Waals surface area contributed by atoms with E-state index in [1.807, 2.05) is 6.07 Å². The van der Waals surface area contributed by atoms with Crippen molar-refractivity contribution in [1.29, 1.82) is 0 Å². The summed E-state index contributed by atoms with van der Waals surface area (Å²) in [5, 5.41) is 0. The summed E-state index contributed by atoms with van der Waals surface area (Å²) in [6.45, 7) is 4.47. The van der Waals surface area contributed by atoms with E-state index in [9.17, 15) is 0 Å². The number of benzene rings is 3. The van der Waals surface area contributed by atoms with E-state index in [-0.39, 0.29) is 0 Å². The standard InChI is InChI=1S/C21H19/c1-16(2)20-14-13-19(17-9-5-3-6-10-17)15-21(20)18-11-7-4-8-12-18/h3-14,16H,1-2H3. The summed E-state index contributed by atoms with van der Waals surface area (Å²) in [6.07, 6.45) is 0. The largest absolute Gasteiger partial charge is 0.0622 e. The average Bonchev–Trinajstić information content (AvgIpc) is 2.56. The first kappa shape index (κ1) is 13.6. The summed E-state index contributed by atoms with van der Waals surface area (Å²) in [6, 6.07) is 29.0. The lowest BCUT2D eigenvalue weighted by Gasteiger charge is -2.14. The van der Waals surface area contributed by atoms with Crippen molar-refractivity contribution >= 4 is 0 Å². The Kier molecular flexibility index (Phi) is 3.87. The molecule has 103 valence electrons. The molecule has 0 fully saturated rings.